The Bertz CT molecular complexity index is 861. The number of aliphatic hydroxyl groups excluding tert-OH is 1. The number of nitrogens with two attached hydrogens (primary N) is 1. The molecule has 0 aliphatic heterocycles. The molecule has 3 heterocycles. The predicted molar refractivity (Wildman–Crippen MR) is 99.6 cm³/mol. The molecule has 5 nitrogen and oxygen atoms in total. The molecule has 3 N–H and O–H groups in total. The molecule has 0 bridgehead atoms. The van der Waals surface area contributed by atoms with Gasteiger partial charge < -0.3 is 10.8 Å². The van der Waals surface area contributed by atoms with Crippen molar-refractivity contribution in [1.82, 2.24) is 9.97 Å². The van der Waals surface area contributed by atoms with Crippen LogP contribution < -0.4 is 10.3 Å². The second kappa shape index (κ2) is 7.72. The molecule has 0 unspecified atom stereocenters. The van der Waals surface area contributed by atoms with Crippen molar-refractivity contribution in [3.63, 3.8) is 0 Å². The van der Waals surface area contributed by atoms with Crippen molar-refractivity contribution in [2.75, 3.05) is 12.3 Å². The zero-order chi connectivity index (χ0) is 17.8. The lowest BCUT2D eigenvalue weighted by Crippen LogP contribution is -2.40. The van der Waals surface area contributed by atoms with Crippen LogP contribution in [0.4, 0.5) is 5.82 Å². The van der Waals surface area contributed by atoms with Gasteiger partial charge in [0.2, 0.25) is 5.01 Å². The summed E-state index contributed by atoms with van der Waals surface area (Å²) in [5, 5.41) is 10.6. The molecule has 25 heavy (non-hydrogen) atoms. The molecule has 0 atom stereocenters. The highest BCUT2D eigenvalue weighted by Gasteiger charge is 2.24. The summed E-state index contributed by atoms with van der Waals surface area (Å²) in [6, 6.07) is 8.07. The minimum atomic E-state index is 0.155. The van der Waals surface area contributed by atoms with E-state index in [2.05, 4.69) is 27.5 Å². The molecule has 0 aliphatic carbocycles. The third-order valence-corrected chi connectivity index (χ3v) is 5.59. The van der Waals surface area contributed by atoms with Gasteiger partial charge in [0, 0.05) is 38.0 Å². The maximum Gasteiger partial charge on any atom is 0.242 e. The smallest absolute Gasteiger partial charge is 0.242 e. The topological polar surface area (TPSA) is 75.9 Å². The second-order valence-electron chi connectivity index (χ2n) is 6.10. The Morgan fingerprint density at radius 2 is 2.08 bits per heavy atom. The highest BCUT2D eigenvalue weighted by Crippen LogP contribution is 2.21. The van der Waals surface area contributed by atoms with E-state index in [1.165, 1.54) is 21.1 Å². The van der Waals surface area contributed by atoms with Crippen LogP contribution in [0, 0.1) is 13.8 Å². The van der Waals surface area contributed by atoms with Gasteiger partial charge in [-0.05, 0) is 30.7 Å². The van der Waals surface area contributed by atoms with Gasteiger partial charge in [0.1, 0.15) is 5.82 Å². The highest BCUT2D eigenvalue weighted by atomic mass is 32.1. The first kappa shape index (κ1) is 17.5. The lowest BCUT2D eigenvalue weighted by Gasteiger charge is -2.05. The molecule has 3 aromatic heterocycles. The molecule has 0 aromatic carbocycles. The van der Waals surface area contributed by atoms with Crippen LogP contribution in [0.3, 0.4) is 0 Å². The van der Waals surface area contributed by atoms with Crippen LogP contribution in [0.2, 0.25) is 0 Å². The summed E-state index contributed by atoms with van der Waals surface area (Å²) in [4.78, 5) is 9.79. The molecule has 0 radical (unpaired) electrons. The van der Waals surface area contributed by atoms with E-state index in [0.29, 0.717) is 18.8 Å². The maximum atomic E-state index is 9.36. The lowest BCUT2D eigenvalue weighted by molar-refractivity contribution is -0.696. The summed E-state index contributed by atoms with van der Waals surface area (Å²) < 4.78 is 2.28. The standard InChI is InChI=1S/C19H23N4OS/c1-13-5-6-16(19(20)22-13)12-23-14(2)17(7-9-24)25-18(23)10-15-4-3-8-21-11-15/h3-6,8,11,24H,7,9-10,12H2,1-2H3,(H2,20,22)/q+1. The number of aromatic nitrogens is 3. The van der Waals surface area contributed by atoms with Crippen LogP contribution in [0.15, 0.2) is 36.7 Å². The number of rotatable bonds is 6. The predicted octanol–water partition coefficient (Wildman–Crippen LogP) is 2.20. The van der Waals surface area contributed by atoms with Crippen molar-refractivity contribution >= 4 is 17.2 Å². The Morgan fingerprint density at radius 1 is 1.24 bits per heavy atom. The Balaban J connectivity index is 1.97. The number of aliphatic hydroxyl groups is 1. The van der Waals surface area contributed by atoms with E-state index in [9.17, 15) is 5.11 Å². The zero-order valence-corrected chi connectivity index (χ0v) is 15.4. The number of hydrogen-bond donors (Lipinski definition) is 2. The van der Waals surface area contributed by atoms with E-state index in [1.54, 1.807) is 17.5 Å². The van der Waals surface area contributed by atoms with Crippen LogP contribution in [-0.2, 0) is 19.4 Å². The fourth-order valence-corrected chi connectivity index (χ4v) is 4.15. The van der Waals surface area contributed by atoms with Crippen LogP contribution in [-0.4, -0.2) is 21.7 Å². The quantitative estimate of drug-likeness (QED) is 0.665. The van der Waals surface area contributed by atoms with Gasteiger partial charge in [-0.3, -0.25) is 4.98 Å². The summed E-state index contributed by atoms with van der Waals surface area (Å²) in [6.45, 7) is 4.88. The first-order valence-electron chi connectivity index (χ1n) is 8.31. The van der Waals surface area contributed by atoms with Gasteiger partial charge >= 0.3 is 0 Å². The van der Waals surface area contributed by atoms with E-state index >= 15 is 0 Å². The van der Waals surface area contributed by atoms with Crippen molar-refractivity contribution in [1.29, 1.82) is 0 Å². The van der Waals surface area contributed by atoms with Crippen molar-refractivity contribution in [3.8, 4) is 0 Å². The van der Waals surface area contributed by atoms with Gasteiger partial charge in [-0.15, -0.1) is 0 Å². The Kier molecular flexibility index (Phi) is 5.40. The number of thiazole rings is 1. The maximum absolute atomic E-state index is 9.36. The molecule has 0 spiro atoms. The van der Waals surface area contributed by atoms with Crippen LogP contribution in [0.25, 0.3) is 0 Å². The Hall–Kier alpha value is -2.31. The molecular formula is C19H23N4OS+. The van der Waals surface area contributed by atoms with Gasteiger partial charge in [0.25, 0.3) is 0 Å². The van der Waals surface area contributed by atoms with E-state index < -0.39 is 0 Å². The number of aryl methyl sites for hydroxylation is 1. The lowest BCUT2D eigenvalue weighted by atomic mass is 10.2. The normalized spacial score (nSPS) is 11.0. The van der Waals surface area contributed by atoms with E-state index in [4.69, 9.17) is 5.73 Å². The minimum absolute atomic E-state index is 0.155. The third-order valence-electron chi connectivity index (χ3n) is 4.25. The van der Waals surface area contributed by atoms with Crippen molar-refractivity contribution in [2.45, 2.75) is 33.2 Å². The average molecular weight is 355 g/mol. The Morgan fingerprint density at radius 3 is 2.76 bits per heavy atom. The summed E-state index contributed by atoms with van der Waals surface area (Å²) in [6.07, 6.45) is 5.16. The summed E-state index contributed by atoms with van der Waals surface area (Å²) in [5.41, 5.74) is 10.4. The number of anilines is 1. The first-order chi connectivity index (χ1) is 12.1. The van der Waals surface area contributed by atoms with E-state index in [0.717, 1.165) is 17.7 Å². The van der Waals surface area contributed by atoms with Crippen molar-refractivity contribution in [2.24, 2.45) is 0 Å². The summed E-state index contributed by atoms with van der Waals surface area (Å²) in [7, 11) is 0. The van der Waals surface area contributed by atoms with Crippen LogP contribution >= 0.6 is 11.3 Å². The number of nitrogen functional groups attached to an aromatic ring is 1. The monoisotopic (exact) mass is 355 g/mol. The number of nitrogens with zero attached hydrogens (tertiary/aromatic N) is 3. The molecular weight excluding hydrogens is 332 g/mol. The molecule has 0 saturated heterocycles. The fraction of sp³-hybridized carbons (Fsp3) is 0.316. The highest BCUT2D eigenvalue weighted by molar-refractivity contribution is 7.11. The van der Waals surface area contributed by atoms with Crippen LogP contribution in [0.1, 0.15) is 32.4 Å². The molecule has 0 saturated carbocycles. The largest absolute Gasteiger partial charge is 0.396 e. The van der Waals surface area contributed by atoms with Crippen LogP contribution in [0.5, 0.6) is 0 Å². The molecule has 6 heteroatoms. The molecule has 3 aromatic rings. The SMILES string of the molecule is Cc1ccc(C[n+]2c(Cc3cccnc3)sc(CCO)c2C)c(N)n1. The molecule has 0 aliphatic rings. The average Bonchev–Trinajstić information content (AvgIpc) is 2.87. The molecule has 0 amide bonds. The summed E-state index contributed by atoms with van der Waals surface area (Å²) in [5.74, 6) is 0.578. The van der Waals surface area contributed by atoms with Gasteiger partial charge in [0.05, 0.1) is 16.9 Å². The van der Waals surface area contributed by atoms with Crippen molar-refractivity contribution in [3.05, 3.63) is 69.1 Å². The number of pyridine rings is 2. The number of hydrogen-bond acceptors (Lipinski definition) is 5. The third kappa shape index (κ3) is 4.03. The molecule has 0 fully saturated rings. The zero-order valence-electron chi connectivity index (χ0n) is 14.6. The Labute approximate surface area is 151 Å². The van der Waals surface area contributed by atoms with Gasteiger partial charge in [0.15, 0.2) is 12.2 Å². The van der Waals surface area contributed by atoms with Gasteiger partial charge in [-0.2, -0.15) is 4.57 Å². The second-order valence-corrected chi connectivity index (χ2v) is 7.27. The molecule has 3 rings (SSSR count). The van der Waals surface area contributed by atoms with E-state index in [1.807, 2.05) is 31.3 Å². The first-order valence-corrected chi connectivity index (χ1v) is 9.13. The molecule has 130 valence electrons. The fourth-order valence-electron chi connectivity index (χ4n) is 2.87. The summed E-state index contributed by atoms with van der Waals surface area (Å²) >= 11 is 1.75. The van der Waals surface area contributed by atoms with Gasteiger partial charge in [-0.25, -0.2) is 4.98 Å². The minimum Gasteiger partial charge on any atom is -0.396 e. The van der Waals surface area contributed by atoms with E-state index in [-0.39, 0.29) is 6.61 Å². The van der Waals surface area contributed by atoms with Crippen molar-refractivity contribution < 1.29 is 9.67 Å². The van der Waals surface area contributed by atoms with Gasteiger partial charge in [-0.1, -0.05) is 17.4 Å².